The molecule has 1 aromatic rings. The Bertz CT molecular complexity index is 411. The van der Waals surface area contributed by atoms with Crippen LogP contribution in [0.2, 0.25) is 0 Å². The van der Waals surface area contributed by atoms with Crippen molar-refractivity contribution in [1.82, 2.24) is 4.90 Å². The molecule has 0 bridgehead atoms. The van der Waals surface area contributed by atoms with Gasteiger partial charge in [-0.2, -0.15) is 0 Å². The Hall–Kier alpha value is -1.15. The van der Waals surface area contributed by atoms with Crippen molar-refractivity contribution < 1.29 is 4.79 Å². The predicted octanol–water partition coefficient (Wildman–Crippen LogP) is 3.43. The lowest BCUT2D eigenvalue weighted by molar-refractivity contribution is 0.0822. The molecule has 1 aromatic carbocycles. The van der Waals surface area contributed by atoms with Crippen LogP contribution >= 0.6 is 0 Å². The molecule has 1 radical (unpaired) electrons. The van der Waals surface area contributed by atoms with Gasteiger partial charge in [0, 0.05) is 5.56 Å². The van der Waals surface area contributed by atoms with E-state index in [4.69, 9.17) is 0 Å². The zero-order valence-corrected chi connectivity index (χ0v) is 12.3. The maximum atomic E-state index is 12.1. The zero-order chi connectivity index (χ0) is 13.9. The summed E-state index contributed by atoms with van der Waals surface area (Å²) >= 11 is 0. The molecule has 0 saturated carbocycles. The molecule has 103 valence electrons. The molecule has 1 aliphatic heterocycles. The van der Waals surface area contributed by atoms with Crippen molar-refractivity contribution in [2.45, 2.75) is 33.6 Å². The normalized spacial score (nSPS) is 18.5. The Kier molecular flexibility index (Phi) is 4.41. The van der Waals surface area contributed by atoms with Gasteiger partial charge in [0.1, 0.15) is 0 Å². The highest BCUT2D eigenvalue weighted by atomic mass is 16.1. The first-order valence-corrected chi connectivity index (χ1v) is 7.18. The summed E-state index contributed by atoms with van der Waals surface area (Å²) in [4.78, 5) is 14.4. The summed E-state index contributed by atoms with van der Waals surface area (Å²) in [6.07, 6.45) is 2.41. The SMILES string of the molecule is CC(C)(C)C1CCN(CC(=O)c2c[c]ccc2)CC1. The minimum atomic E-state index is 0.214. The minimum Gasteiger partial charge on any atom is -0.296 e. The van der Waals surface area contributed by atoms with Crippen LogP contribution in [0, 0.1) is 17.4 Å². The van der Waals surface area contributed by atoms with E-state index in [1.54, 1.807) is 6.07 Å². The highest BCUT2D eigenvalue weighted by Crippen LogP contribution is 2.34. The average Bonchev–Trinajstić information content (AvgIpc) is 2.39. The molecule has 1 saturated heterocycles. The second-order valence-corrected chi connectivity index (χ2v) is 6.63. The van der Waals surface area contributed by atoms with Crippen LogP contribution < -0.4 is 0 Å². The molecule has 2 heteroatoms. The fraction of sp³-hybridized carbons (Fsp3) is 0.588. The van der Waals surface area contributed by atoms with Crippen LogP contribution in [0.25, 0.3) is 0 Å². The maximum absolute atomic E-state index is 12.1. The van der Waals surface area contributed by atoms with Crippen molar-refractivity contribution in [2.75, 3.05) is 19.6 Å². The maximum Gasteiger partial charge on any atom is 0.176 e. The fourth-order valence-corrected chi connectivity index (χ4v) is 2.82. The Morgan fingerprint density at radius 3 is 2.58 bits per heavy atom. The van der Waals surface area contributed by atoms with E-state index in [1.807, 2.05) is 18.2 Å². The van der Waals surface area contributed by atoms with E-state index in [2.05, 4.69) is 31.7 Å². The molecule has 0 aromatic heterocycles. The van der Waals surface area contributed by atoms with Crippen LogP contribution in [-0.4, -0.2) is 30.3 Å². The number of nitrogens with zero attached hydrogens (tertiary/aromatic N) is 1. The van der Waals surface area contributed by atoms with Crippen LogP contribution in [0.1, 0.15) is 44.0 Å². The molecule has 0 aliphatic carbocycles. The zero-order valence-electron chi connectivity index (χ0n) is 12.3. The van der Waals surface area contributed by atoms with E-state index in [1.165, 1.54) is 12.8 Å². The number of carbonyl (C=O) groups excluding carboxylic acids is 1. The average molecular weight is 258 g/mol. The number of piperidine rings is 1. The van der Waals surface area contributed by atoms with E-state index >= 15 is 0 Å². The van der Waals surface area contributed by atoms with Gasteiger partial charge < -0.3 is 0 Å². The second kappa shape index (κ2) is 5.87. The van der Waals surface area contributed by atoms with Gasteiger partial charge in [-0.15, -0.1) is 0 Å². The van der Waals surface area contributed by atoms with Crippen LogP contribution in [0.5, 0.6) is 0 Å². The molecular weight excluding hydrogens is 234 g/mol. The number of benzene rings is 1. The highest BCUT2D eigenvalue weighted by Gasteiger charge is 2.29. The van der Waals surface area contributed by atoms with Crippen LogP contribution in [0.4, 0.5) is 0 Å². The van der Waals surface area contributed by atoms with Gasteiger partial charge in [-0.3, -0.25) is 9.69 Å². The van der Waals surface area contributed by atoms with Gasteiger partial charge in [-0.25, -0.2) is 0 Å². The van der Waals surface area contributed by atoms with Crippen LogP contribution in [0.3, 0.4) is 0 Å². The van der Waals surface area contributed by atoms with Gasteiger partial charge in [-0.05, 0) is 49.4 Å². The van der Waals surface area contributed by atoms with Gasteiger partial charge >= 0.3 is 0 Å². The lowest BCUT2D eigenvalue weighted by Gasteiger charge is -2.38. The summed E-state index contributed by atoms with van der Waals surface area (Å²) < 4.78 is 0. The third-order valence-corrected chi connectivity index (χ3v) is 4.21. The molecular formula is C17H24NO. The summed E-state index contributed by atoms with van der Waals surface area (Å²) in [6, 6.07) is 10.3. The summed E-state index contributed by atoms with van der Waals surface area (Å²) in [5.41, 5.74) is 1.17. The summed E-state index contributed by atoms with van der Waals surface area (Å²) in [5.74, 6) is 0.995. The van der Waals surface area contributed by atoms with Gasteiger partial charge in [-0.1, -0.05) is 39.0 Å². The highest BCUT2D eigenvalue weighted by molar-refractivity contribution is 5.97. The third-order valence-electron chi connectivity index (χ3n) is 4.21. The largest absolute Gasteiger partial charge is 0.296 e. The van der Waals surface area contributed by atoms with Gasteiger partial charge in [0.25, 0.3) is 0 Å². The van der Waals surface area contributed by atoms with Gasteiger partial charge in [0.15, 0.2) is 5.78 Å². The molecule has 0 N–H and O–H groups in total. The van der Waals surface area contributed by atoms with E-state index in [9.17, 15) is 4.79 Å². The van der Waals surface area contributed by atoms with Crippen molar-refractivity contribution in [1.29, 1.82) is 0 Å². The number of ketones is 1. The van der Waals surface area contributed by atoms with E-state index < -0.39 is 0 Å². The number of carbonyl (C=O) groups is 1. The molecule has 0 atom stereocenters. The quantitative estimate of drug-likeness (QED) is 0.774. The predicted molar refractivity (Wildman–Crippen MR) is 78.2 cm³/mol. The summed E-state index contributed by atoms with van der Waals surface area (Å²) in [7, 11) is 0. The molecule has 19 heavy (non-hydrogen) atoms. The fourth-order valence-electron chi connectivity index (χ4n) is 2.82. The standard InChI is InChI=1S/C17H24NO/c1-17(2,3)15-9-11-18(12-10-15)13-16(19)14-7-5-4-6-8-14/h4-5,7-8,15H,9-13H2,1-3H3. The Morgan fingerprint density at radius 1 is 1.37 bits per heavy atom. The molecule has 2 nitrogen and oxygen atoms in total. The van der Waals surface area contributed by atoms with Crippen LogP contribution in [-0.2, 0) is 0 Å². The Labute approximate surface area is 116 Å². The molecule has 0 amide bonds. The number of hydrogen-bond acceptors (Lipinski definition) is 2. The van der Waals surface area contributed by atoms with Crippen molar-refractivity contribution >= 4 is 5.78 Å². The summed E-state index contributed by atoms with van der Waals surface area (Å²) in [6.45, 7) is 9.60. The van der Waals surface area contributed by atoms with Crippen molar-refractivity contribution in [3.63, 3.8) is 0 Å². The Balaban J connectivity index is 1.85. The molecule has 1 heterocycles. The Morgan fingerprint density at radius 2 is 2.05 bits per heavy atom. The van der Waals surface area contributed by atoms with Crippen molar-refractivity contribution in [3.8, 4) is 0 Å². The first-order chi connectivity index (χ1) is 8.97. The first-order valence-electron chi connectivity index (χ1n) is 7.18. The smallest absolute Gasteiger partial charge is 0.176 e. The third kappa shape index (κ3) is 3.90. The summed E-state index contributed by atoms with van der Waals surface area (Å²) in [5, 5.41) is 0. The van der Waals surface area contributed by atoms with Gasteiger partial charge in [0.05, 0.1) is 6.54 Å². The molecule has 1 fully saturated rings. The monoisotopic (exact) mass is 258 g/mol. The number of likely N-dealkylation sites (tertiary alicyclic amines) is 1. The van der Waals surface area contributed by atoms with E-state index in [0.29, 0.717) is 12.0 Å². The molecule has 2 rings (SSSR count). The molecule has 0 unspecified atom stereocenters. The van der Waals surface area contributed by atoms with Crippen molar-refractivity contribution in [2.24, 2.45) is 11.3 Å². The first kappa shape index (κ1) is 14.3. The number of rotatable bonds is 3. The topological polar surface area (TPSA) is 20.3 Å². The lowest BCUT2D eigenvalue weighted by Crippen LogP contribution is -2.40. The van der Waals surface area contributed by atoms with E-state index in [-0.39, 0.29) is 5.78 Å². The second-order valence-electron chi connectivity index (χ2n) is 6.63. The lowest BCUT2D eigenvalue weighted by atomic mass is 9.75. The number of Topliss-reactive ketones (excluding diaryl/α,β-unsaturated/α-hetero) is 1. The number of hydrogen-bond donors (Lipinski definition) is 0. The van der Waals surface area contributed by atoms with E-state index in [0.717, 1.165) is 24.6 Å². The van der Waals surface area contributed by atoms with Crippen molar-refractivity contribution in [3.05, 3.63) is 35.9 Å². The molecule has 1 aliphatic rings. The van der Waals surface area contributed by atoms with Gasteiger partial charge in [0.2, 0.25) is 0 Å². The van der Waals surface area contributed by atoms with Crippen LogP contribution in [0.15, 0.2) is 24.3 Å². The minimum absolute atomic E-state index is 0.214. The molecule has 0 spiro atoms.